The Labute approximate surface area is 84.4 Å². The molecule has 0 unspecified atom stereocenters. The van der Waals surface area contributed by atoms with E-state index in [0.717, 1.165) is 25.1 Å². The minimum atomic E-state index is 0.889. The average molecular weight is 199 g/mol. The molecule has 0 amide bonds. The smallest absolute Gasteiger partial charge is 0.0579 e. The van der Waals surface area contributed by atoms with E-state index >= 15 is 0 Å². The maximum atomic E-state index is 4.69. The molecule has 0 saturated heterocycles. The summed E-state index contributed by atoms with van der Waals surface area (Å²) in [6.45, 7) is 6.58. The van der Waals surface area contributed by atoms with Crippen LogP contribution in [-0.4, -0.2) is 18.1 Å². The summed E-state index contributed by atoms with van der Waals surface area (Å²) in [6, 6.07) is 2.01. The van der Waals surface area contributed by atoms with Crippen molar-refractivity contribution in [1.82, 2.24) is 4.37 Å². The minimum Gasteiger partial charge on any atom is -0.385 e. The Bertz CT molecular complexity index is 195. The number of methoxy groups -OCH3 is 1. The van der Waals surface area contributed by atoms with Gasteiger partial charge in [0.05, 0.1) is 5.69 Å². The van der Waals surface area contributed by atoms with Crippen molar-refractivity contribution in [2.45, 2.75) is 19.8 Å². The van der Waals surface area contributed by atoms with Gasteiger partial charge in [0.1, 0.15) is 0 Å². The van der Waals surface area contributed by atoms with Gasteiger partial charge < -0.3 is 4.74 Å². The zero-order chi connectivity index (χ0) is 9.94. The van der Waals surface area contributed by atoms with Gasteiger partial charge in [-0.2, -0.15) is 4.37 Å². The molecule has 0 aliphatic rings. The van der Waals surface area contributed by atoms with Crippen molar-refractivity contribution in [1.29, 1.82) is 0 Å². The first kappa shape index (κ1) is 12.3. The summed E-state index contributed by atoms with van der Waals surface area (Å²) in [5.41, 5.74) is 1.12. The highest BCUT2D eigenvalue weighted by atomic mass is 32.1. The number of ether oxygens (including phenoxy) is 1. The molecule has 0 radical (unpaired) electrons. The van der Waals surface area contributed by atoms with E-state index in [9.17, 15) is 0 Å². The predicted molar refractivity (Wildman–Crippen MR) is 58.2 cm³/mol. The lowest BCUT2D eigenvalue weighted by atomic mass is 10.3. The molecule has 1 rings (SSSR count). The number of rotatable bonds is 4. The topological polar surface area (TPSA) is 22.1 Å². The molecule has 0 atom stereocenters. The Morgan fingerprint density at radius 1 is 1.69 bits per heavy atom. The third-order valence-electron chi connectivity index (χ3n) is 1.25. The Kier molecular flexibility index (Phi) is 8.93. The van der Waals surface area contributed by atoms with E-state index in [2.05, 4.69) is 17.9 Å². The van der Waals surface area contributed by atoms with Crippen molar-refractivity contribution in [2.75, 3.05) is 13.7 Å². The monoisotopic (exact) mass is 199 g/mol. The summed E-state index contributed by atoms with van der Waals surface area (Å²) in [5.74, 6) is 0. The predicted octanol–water partition coefficient (Wildman–Crippen LogP) is 2.91. The van der Waals surface area contributed by atoms with Gasteiger partial charge in [-0.3, -0.25) is 0 Å². The highest BCUT2D eigenvalue weighted by Gasteiger charge is 1.86. The third kappa shape index (κ3) is 7.68. The summed E-state index contributed by atoms with van der Waals surface area (Å²) in [5, 5.41) is 1.97. The van der Waals surface area contributed by atoms with Crippen molar-refractivity contribution in [3.63, 3.8) is 0 Å². The second-order valence-corrected chi connectivity index (χ2v) is 3.14. The Hall–Kier alpha value is -0.670. The van der Waals surface area contributed by atoms with E-state index in [1.54, 1.807) is 7.11 Å². The third-order valence-corrected chi connectivity index (χ3v) is 1.85. The summed E-state index contributed by atoms with van der Waals surface area (Å²) < 4.78 is 8.77. The number of hydrogen-bond donors (Lipinski definition) is 0. The molecule has 0 spiro atoms. The summed E-state index contributed by atoms with van der Waals surface area (Å²) in [6.07, 6.45) is 3.87. The van der Waals surface area contributed by atoms with Gasteiger partial charge in [-0.05, 0) is 24.0 Å². The zero-order valence-electron chi connectivity index (χ0n) is 8.32. The molecule has 0 bridgehead atoms. The van der Waals surface area contributed by atoms with Gasteiger partial charge in [0.15, 0.2) is 0 Å². The molecule has 13 heavy (non-hydrogen) atoms. The van der Waals surface area contributed by atoms with E-state index < -0.39 is 0 Å². The fraction of sp³-hybridized carbons (Fsp3) is 0.500. The molecule has 1 aromatic rings. The first-order valence-corrected chi connectivity index (χ1v) is 5.17. The molecule has 0 saturated carbocycles. The van der Waals surface area contributed by atoms with Gasteiger partial charge in [0, 0.05) is 25.5 Å². The van der Waals surface area contributed by atoms with Crippen LogP contribution in [0.5, 0.6) is 0 Å². The summed E-state index contributed by atoms with van der Waals surface area (Å²) in [4.78, 5) is 0. The van der Waals surface area contributed by atoms with Crippen LogP contribution in [0.2, 0.25) is 0 Å². The van der Waals surface area contributed by atoms with E-state index in [1.165, 1.54) is 11.5 Å². The number of hydrogen-bond acceptors (Lipinski definition) is 3. The Balaban J connectivity index is 0.000000252. The number of allylic oxidation sites excluding steroid dienone is 1. The maximum Gasteiger partial charge on any atom is 0.0579 e. The molecule has 0 fully saturated rings. The molecule has 2 nitrogen and oxygen atoms in total. The van der Waals surface area contributed by atoms with E-state index in [-0.39, 0.29) is 0 Å². The lowest BCUT2D eigenvalue weighted by Gasteiger charge is -1.84. The van der Waals surface area contributed by atoms with Crippen LogP contribution in [0.15, 0.2) is 24.1 Å². The van der Waals surface area contributed by atoms with E-state index in [4.69, 9.17) is 4.74 Å². The van der Waals surface area contributed by atoms with E-state index in [0.29, 0.717) is 0 Å². The van der Waals surface area contributed by atoms with Gasteiger partial charge in [-0.25, -0.2) is 0 Å². The average Bonchev–Trinajstić information content (AvgIpc) is 2.60. The number of nitrogens with zero attached hydrogens (tertiary/aromatic N) is 1. The molecular formula is C10H17NOS. The van der Waals surface area contributed by atoms with Crippen molar-refractivity contribution >= 4 is 11.5 Å². The quantitative estimate of drug-likeness (QED) is 0.696. The second kappa shape index (κ2) is 9.42. The van der Waals surface area contributed by atoms with Gasteiger partial charge in [0.25, 0.3) is 0 Å². The number of aromatic nitrogens is 1. The van der Waals surface area contributed by atoms with Crippen molar-refractivity contribution in [3.05, 3.63) is 29.8 Å². The van der Waals surface area contributed by atoms with Crippen LogP contribution in [0.3, 0.4) is 0 Å². The lowest BCUT2D eigenvalue weighted by Crippen LogP contribution is -1.80. The highest BCUT2D eigenvalue weighted by Crippen LogP contribution is 1.99. The maximum absolute atomic E-state index is 4.69. The lowest BCUT2D eigenvalue weighted by molar-refractivity contribution is 0.199. The van der Waals surface area contributed by atoms with Crippen molar-refractivity contribution in [3.8, 4) is 0 Å². The summed E-state index contributed by atoms with van der Waals surface area (Å²) >= 11 is 1.48. The molecule has 1 heterocycles. The van der Waals surface area contributed by atoms with Crippen LogP contribution in [0.1, 0.15) is 19.0 Å². The Morgan fingerprint density at radius 2 is 2.46 bits per heavy atom. The zero-order valence-corrected chi connectivity index (χ0v) is 9.14. The van der Waals surface area contributed by atoms with Gasteiger partial charge in [0.2, 0.25) is 0 Å². The highest BCUT2D eigenvalue weighted by molar-refractivity contribution is 7.03. The van der Waals surface area contributed by atoms with Crippen LogP contribution >= 0.6 is 11.5 Å². The van der Waals surface area contributed by atoms with Crippen LogP contribution in [0.4, 0.5) is 0 Å². The molecule has 0 aromatic carbocycles. The van der Waals surface area contributed by atoms with Crippen LogP contribution in [-0.2, 0) is 11.2 Å². The van der Waals surface area contributed by atoms with Gasteiger partial charge in [-0.1, -0.05) is 13.0 Å². The van der Waals surface area contributed by atoms with E-state index in [1.807, 2.05) is 17.5 Å². The van der Waals surface area contributed by atoms with Crippen molar-refractivity contribution in [2.24, 2.45) is 0 Å². The largest absolute Gasteiger partial charge is 0.385 e. The van der Waals surface area contributed by atoms with Crippen LogP contribution < -0.4 is 0 Å². The molecule has 0 N–H and O–H groups in total. The summed E-state index contributed by atoms with van der Waals surface area (Å²) in [7, 11) is 1.71. The molecule has 0 aliphatic heterocycles. The van der Waals surface area contributed by atoms with Gasteiger partial charge in [-0.15, -0.1) is 6.58 Å². The van der Waals surface area contributed by atoms with Crippen molar-refractivity contribution < 1.29 is 4.74 Å². The first-order chi connectivity index (χ1) is 6.35. The molecule has 0 aliphatic carbocycles. The van der Waals surface area contributed by atoms with Crippen LogP contribution in [0.25, 0.3) is 0 Å². The molecule has 74 valence electrons. The normalized spacial score (nSPS) is 8.77. The van der Waals surface area contributed by atoms with Gasteiger partial charge >= 0.3 is 0 Å². The second-order valence-electron chi connectivity index (χ2n) is 2.48. The fourth-order valence-electron chi connectivity index (χ4n) is 0.695. The standard InChI is InChI=1S/C6H7NS.C4H10O/c1-2-3-6-4-5-8-7-6;1-3-4-5-2/h2,4-5H,1,3H2;3-4H2,1-2H3. The first-order valence-electron chi connectivity index (χ1n) is 4.34. The van der Waals surface area contributed by atoms with Crippen LogP contribution in [0, 0.1) is 0 Å². The minimum absolute atomic E-state index is 0.889. The molecular weight excluding hydrogens is 182 g/mol. The molecule has 3 heteroatoms. The SMILES string of the molecule is C=CCc1ccsn1.CCCOC. The fourth-order valence-corrected chi connectivity index (χ4v) is 1.24. The Morgan fingerprint density at radius 3 is 2.77 bits per heavy atom. The molecule has 1 aromatic heterocycles.